The molecule has 2 N–H and O–H groups in total. The van der Waals surface area contributed by atoms with Crippen molar-refractivity contribution in [3.05, 3.63) is 76.7 Å². The number of nitrogens with one attached hydrogen (secondary N) is 2. The van der Waals surface area contributed by atoms with E-state index in [1.165, 1.54) is 0 Å². The number of nitriles is 1. The fraction of sp³-hybridized carbons (Fsp3) is 0.0526. The Morgan fingerprint density at radius 3 is 2.54 bits per heavy atom. The van der Waals surface area contributed by atoms with Crippen LogP contribution in [-0.4, -0.2) is 15.9 Å². The van der Waals surface area contributed by atoms with Crippen LogP contribution in [-0.2, 0) is 0 Å². The zero-order valence-electron chi connectivity index (χ0n) is 13.8. The van der Waals surface area contributed by atoms with Gasteiger partial charge in [0.25, 0.3) is 5.91 Å². The maximum atomic E-state index is 12.5. The van der Waals surface area contributed by atoms with E-state index in [4.69, 9.17) is 16.9 Å². The first-order valence-corrected chi connectivity index (χ1v) is 8.11. The fourth-order valence-electron chi connectivity index (χ4n) is 2.29. The minimum Gasteiger partial charge on any atom is -0.340 e. The second-order valence-electron chi connectivity index (χ2n) is 5.46. The zero-order chi connectivity index (χ0) is 18.5. The van der Waals surface area contributed by atoms with Crippen molar-refractivity contribution in [3.8, 4) is 6.07 Å². The summed E-state index contributed by atoms with van der Waals surface area (Å²) in [5.41, 5.74) is 2.09. The van der Waals surface area contributed by atoms with Gasteiger partial charge < -0.3 is 10.6 Å². The van der Waals surface area contributed by atoms with Crippen LogP contribution >= 0.6 is 11.6 Å². The molecule has 0 unspecified atom stereocenters. The third-order valence-corrected chi connectivity index (χ3v) is 3.67. The van der Waals surface area contributed by atoms with Crippen molar-refractivity contribution < 1.29 is 4.79 Å². The van der Waals surface area contributed by atoms with Crippen molar-refractivity contribution in [3.63, 3.8) is 0 Å². The van der Waals surface area contributed by atoms with Crippen LogP contribution in [0.25, 0.3) is 0 Å². The Hall–Kier alpha value is -3.43. The van der Waals surface area contributed by atoms with Crippen LogP contribution in [0.3, 0.4) is 0 Å². The predicted molar refractivity (Wildman–Crippen MR) is 101 cm³/mol. The number of aryl methyl sites for hydroxylation is 1. The molecule has 2 aromatic carbocycles. The number of carbonyl (C=O) groups excluding carboxylic acids is 1. The molecule has 128 valence electrons. The molecule has 0 aliphatic rings. The molecule has 3 rings (SSSR count). The molecule has 0 saturated carbocycles. The van der Waals surface area contributed by atoms with Crippen LogP contribution in [0.1, 0.15) is 21.9 Å². The van der Waals surface area contributed by atoms with E-state index in [-0.39, 0.29) is 11.6 Å². The predicted octanol–water partition coefficient (Wildman–Crippen LogP) is 4.31. The molecular weight excluding hydrogens is 350 g/mol. The topological polar surface area (TPSA) is 90.7 Å². The number of halogens is 1. The highest BCUT2D eigenvalue weighted by molar-refractivity contribution is 6.30. The van der Waals surface area contributed by atoms with Crippen LogP contribution < -0.4 is 10.6 Å². The molecule has 0 spiro atoms. The number of benzene rings is 2. The number of hydrogen-bond donors (Lipinski definition) is 2. The third-order valence-electron chi connectivity index (χ3n) is 3.44. The molecule has 1 aromatic heterocycles. The SMILES string of the molecule is Cc1nc(Nc2cccc(Cl)c2)cc(C(=O)Nc2ccc(C#N)cc2)n1. The largest absolute Gasteiger partial charge is 0.340 e. The number of hydrogen-bond acceptors (Lipinski definition) is 5. The summed E-state index contributed by atoms with van der Waals surface area (Å²) in [5, 5.41) is 15.3. The summed E-state index contributed by atoms with van der Waals surface area (Å²) < 4.78 is 0. The molecule has 0 aliphatic carbocycles. The molecule has 1 heterocycles. The molecule has 0 aliphatic heterocycles. The molecule has 0 saturated heterocycles. The van der Waals surface area contributed by atoms with Gasteiger partial charge in [0.05, 0.1) is 11.6 Å². The van der Waals surface area contributed by atoms with E-state index < -0.39 is 0 Å². The van der Waals surface area contributed by atoms with Gasteiger partial charge in [-0.1, -0.05) is 17.7 Å². The summed E-state index contributed by atoms with van der Waals surface area (Å²) in [7, 11) is 0. The number of nitrogens with zero attached hydrogens (tertiary/aromatic N) is 3. The van der Waals surface area contributed by atoms with E-state index >= 15 is 0 Å². The van der Waals surface area contributed by atoms with E-state index in [0.717, 1.165) is 5.69 Å². The first-order valence-electron chi connectivity index (χ1n) is 7.73. The maximum absolute atomic E-state index is 12.5. The van der Waals surface area contributed by atoms with Gasteiger partial charge >= 0.3 is 0 Å². The van der Waals surface area contributed by atoms with Gasteiger partial charge in [0, 0.05) is 22.5 Å². The Bertz CT molecular complexity index is 996. The molecule has 0 atom stereocenters. The normalized spacial score (nSPS) is 10.0. The van der Waals surface area contributed by atoms with Gasteiger partial charge in [-0.05, 0) is 49.4 Å². The van der Waals surface area contributed by atoms with E-state index in [9.17, 15) is 4.79 Å². The van der Waals surface area contributed by atoms with Gasteiger partial charge in [-0.15, -0.1) is 0 Å². The average molecular weight is 364 g/mol. The number of aromatic nitrogens is 2. The van der Waals surface area contributed by atoms with Gasteiger partial charge in [-0.2, -0.15) is 5.26 Å². The van der Waals surface area contributed by atoms with Gasteiger partial charge in [-0.3, -0.25) is 4.79 Å². The lowest BCUT2D eigenvalue weighted by atomic mass is 10.2. The van der Waals surface area contributed by atoms with Gasteiger partial charge in [0.15, 0.2) is 0 Å². The lowest BCUT2D eigenvalue weighted by Gasteiger charge is -2.09. The minimum atomic E-state index is -0.366. The van der Waals surface area contributed by atoms with Gasteiger partial charge in [0.1, 0.15) is 17.3 Å². The molecule has 26 heavy (non-hydrogen) atoms. The van der Waals surface area contributed by atoms with Crippen LogP contribution in [0.5, 0.6) is 0 Å². The average Bonchev–Trinajstić information content (AvgIpc) is 2.62. The molecule has 1 amide bonds. The standard InChI is InChI=1S/C19H14ClN5O/c1-12-22-17(19(26)25-15-7-5-13(11-21)6-8-15)10-18(23-12)24-16-4-2-3-14(20)9-16/h2-10H,1H3,(H,25,26)(H,22,23,24). The quantitative estimate of drug-likeness (QED) is 0.720. The molecule has 0 fully saturated rings. The van der Waals surface area contributed by atoms with Crippen molar-refractivity contribution in [1.82, 2.24) is 9.97 Å². The van der Waals surface area contributed by atoms with Crippen molar-refractivity contribution in [2.75, 3.05) is 10.6 Å². The highest BCUT2D eigenvalue weighted by Crippen LogP contribution is 2.20. The highest BCUT2D eigenvalue weighted by Gasteiger charge is 2.11. The fourth-order valence-corrected chi connectivity index (χ4v) is 2.48. The first kappa shape index (κ1) is 17.4. The first-order chi connectivity index (χ1) is 12.5. The summed E-state index contributed by atoms with van der Waals surface area (Å²) >= 11 is 5.98. The van der Waals surface area contributed by atoms with Gasteiger partial charge in [-0.25, -0.2) is 9.97 Å². The summed E-state index contributed by atoms with van der Waals surface area (Å²) in [5.74, 6) is 0.584. The van der Waals surface area contributed by atoms with Crippen LogP contribution in [0.4, 0.5) is 17.2 Å². The Balaban J connectivity index is 1.79. The minimum absolute atomic E-state index is 0.228. The Labute approximate surface area is 155 Å². The third kappa shape index (κ3) is 4.35. The lowest BCUT2D eigenvalue weighted by molar-refractivity contribution is 0.102. The molecule has 0 bridgehead atoms. The Morgan fingerprint density at radius 2 is 1.85 bits per heavy atom. The number of carbonyl (C=O) groups is 1. The number of rotatable bonds is 4. The van der Waals surface area contributed by atoms with Crippen molar-refractivity contribution in [2.45, 2.75) is 6.92 Å². The molecule has 0 radical (unpaired) electrons. The Kier molecular flexibility index (Phi) is 5.11. The van der Waals surface area contributed by atoms with Gasteiger partial charge in [0.2, 0.25) is 0 Å². The summed E-state index contributed by atoms with van der Waals surface area (Å²) in [4.78, 5) is 20.9. The zero-order valence-corrected chi connectivity index (χ0v) is 14.6. The Morgan fingerprint density at radius 1 is 1.08 bits per heavy atom. The summed E-state index contributed by atoms with van der Waals surface area (Å²) in [6, 6.07) is 17.4. The second-order valence-corrected chi connectivity index (χ2v) is 5.90. The number of anilines is 3. The molecular formula is C19H14ClN5O. The van der Waals surface area contributed by atoms with Crippen LogP contribution in [0, 0.1) is 18.3 Å². The summed E-state index contributed by atoms with van der Waals surface area (Å²) in [6.07, 6.45) is 0. The second kappa shape index (κ2) is 7.64. The number of amides is 1. The maximum Gasteiger partial charge on any atom is 0.274 e. The van der Waals surface area contributed by atoms with Crippen molar-refractivity contribution >= 4 is 34.7 Å². The van der Waals surface area contributed by atoms with E-state index in [2.05, 4.69) is 20.6 Å². The monoisotopic (exact) mass is 363 g/mol. The van der Waals surface area contributed by atoms with E-state index in [0.29, 0.717) is 27.9 Å². The highest BCUT2D eigenvalue weighted by atomic mass is 35.5. The molecule has 3 aromatic rings. The smallest absolute Gasteiger partial charge is 0.274 e. The molecule has 6 nitrogen and oxygen atoms in total. The lowest BCUT2D eigenvalue weighted by Crippen LogP contribution is -2.15. The summed E-state index contributed by atoms with van der Waals surface area (Å²) in [6.45, 7) is 1.71. The van der Waals surface area contributed by atoms with E-state index in [1.807, 2.05) is 18.2 Å². The van der Waals surface area contributed by atoms with Crippen LogP contribution in [0.15, 0.2) is 54.6 Å². The van der Waals surface area contributed by atoms with Crippen molar-refractivity contribution in [1.29, 1.82) is 5.26 Å². The van der Waals surface area contributed by atoms with Crippen molar-refractivity contribution in [2.24, 2.45) is 0 Å². The van der Waals surface area contributed by atoms with E-state index in [1.54, 1.807) is 49.4 Å². The molecule has 7 heteroatoms. The van der Waals surface area contributed by atoms with Crippen LogP contribution in [0.2, 0.25) is 5.02 Å².